The Balaban J connectivity index is 2.43. The number of benzene rings is 1. The van der Waals surface area contributed by atoms with Crippen molar-refractivity contribution in [1.29, 1.82) is 0 Å². The Bertz CT molecular complexity index is 458. The van der Waals surface area contributed by atoms with E-state index in [9.17, 15) is 14.7 Å². The van der Waals surface area contributed by atoms with Gasteiger partial charge in [-0.2, -0.15) is 0 Å². The SMILES string of the molecule is COC([O])=CN1C(=O)c2ccccc2C1=O. The minimum absolute atomic E-state index is 0.299. The smallest absolute Gasteiger partial charge is 0.347 e. The summed E-state index contributed by atoms with van der Waals surface area (Å²) < 4.78 is 4.37. The van der Waals surface area contributed by atoms with Gasteiger partial charge in [-0.3, -0.25) is 9.59 Å². The van der Waals surface area contributed by atoms with Gasteiger partial charge in [-0.25, -0.2) is 10.0 Å². The third-order valence-corrected chi connectivity index (χ3v) is 2.26. The van der Waals surface area contributed by atoms with Gasteiger partial charge in [-0.1, -0.05) is 12.1 Å². The number of ether oxygens (including phenoxy) is 1. The maximum Gasteiger partial charge on any atom is 0.347 e. The molecule has 1 aromatic rings. The van der Waals surface area contributed by atoms with Gasteiger partial charge in [0.1, 0.15) is 6.20 Å². The summed E-state index contributed by atoms with van der Waals surface area (Å²) in [5.41, 5.74) is 0.598. The summed E-state index contributed by atoms with van der Waals surface area (Å²) in [6, 6.07) is 6.40. The molecule has 5 nitrogen and oxygen atoms in total. The molecule has 1 aliphatic rings. The fraction of sp³-hybridized carbons (Fsp3) is 0.0909. The molecule has 0 N–H and O–H groups in total. The zero-order valence-electron chi connectivity index (χ0n) is 8.47. The third kappa shape index (κ3) is 1.42. The summed E-state index contributed by atoms with van der Waals surface area (Å²) in [4.78, 5) is 24.2. The quantitative estimate of drug-likeness (QED) is 0.552. The highest BCUT2D eigenvalue weighted by atomic mass is 16.6. The predicted octanol–water partition coefficient (Wildman–Crippen LogP) is 1.16. The van der Waals surface area contributed by atoms with Gasteiger partial charge in [0, 0.05) is 0 Å². The van der Waals surface area contributed by atoms with Crippen molar-refractivity contribution in [3.63, 3.8) is 0 Å². The topological polar surface area (TPSA) is 66.5 Å². The molecule has 0 aromatic heterocycles. The molecule has 0 saturated heterocycles. The summed E-state index contributed by atoms with van der Waals surface area (Å²) in [6.45, 7) is 0. The fourth-order valence-electron chi connectivity index (χ4n) is 1.48. The van der Waals surface area contributed by atoms with E-state index in [2.05, 4.69) is 4.74 Å². The van der Waals surface area contributed by atoms with Crippen molar-refractivity contribution < 1.29 is 19.4 Å². The molecule has 81 valence electrons. The molecule has 0 unspecified atom stereocenters. The van der Waals surface area contributed by atoms with E-state index >= 15 is 0 Å². The predicted molar refractivity (Wildman–Crippen MR) is 52.7 cm³/mol. The number of fused-ring (bicyclic) bond motifs is 1. The first-order chi connectivity index (χ1) is 7.65. The van der Waals surface area contributed by atoms with Crippen LogP contribution in [-0.4, -0.2) is 23.8 Å². The number of hydrogen-bond acceptors (Lipinski definition) is 3. The summed E-state index contributed by atoms with van der Waals surface area (Å²) in [5, 5.41) is 11.0. The van der Waals surface area contributed by atoms with Gasteiger partial charge < -0.3 is 4.74 Å². The first-order valence-electron chi connectivity index (χ1n) is 4.55. The van der Waals surface area contributed by atoms with E-state index in [1.165, 1.54) is 7.11 Å². The second kappa shape index (κ2) is 3.69. The fourth-order valence-corrected chi connectivity index (χ4v) is 1.48. The zero-order chi connectivity index (χ0) is 11.7. The minimum atomic E-state index is -0.741. The van der Waals surface area contributed by atoms with Crippen LogP contribution in [0.4, 0.5) is 0 Å². The molecule has 16 heavy (non-hydrogen) atoms. The number of carbonyl (C=O) groups excluding carboxylic acids is 2. The molecule has 5 heteroatoms. The normalized spacial score (nSPS) is 15.3. The molecule has 2 amide bonds. The van der Waals surface area contributed by atoms with Crippen LogP contribution in [-0.2, 0) is 9.84 Å². The van der Waals surface area contributed by atoms with E-state index in [1.54, 1.807) is 24.3 Å². The summed E-state index contributed by atoms with van der Waals surface area (Å²) in [5.74, 6) is -1.76. The average molecular weight is 218 g/mol. The Hall–Kier alpha value is -2.30. The Morgan fingerprint density at radius 1 is 1.19 bits per heavy atom. The van der Waals surface area contributed by atoms with E-state index in [1.807, 2.05) is 0 Å². The molecule has 1 radical (unpaired) electrons. The maximum absolute atomic E-state index is 11.7. The van der Waals surface area contributed by atoms with Crippen LogP contribution in [0.25, 0.3) is 0 Å². The lowest BCUT2D eigenvalue weighted by Gasteiger charge is -2.06. The summed E-state index contributed by atoms with van der Waals surface area (Å²) in [7, 11) is 1.18. The maximum atomic E-state index is 11.7. The molecule has 0 bridgehead atoms. The lowest BCUT2D eigenvalue weighted by Crippen LogP contribution is -2.24. The molecule has 0 aliphatic carbocycles. The number of imide groups is 1. The first kappa shape index (κ1) is 10.2. The van der Waals surface area contributed by atoms with Crippen molar-refractivity contribution in [2.45, 2.75) is 0 Å². The molecule has 2 rings (SSSR count). The van der Waals surface area contributed by atoms with E-state index < -0.39 is 17.8 Å². The molecule has 1 aromatic carbocycles. The van der Waals surface area contributed by atoms with Crippen LogP contribution in [0.2, 0.25) is 0 Å². The summed E-state index contributed by atoms with van der Waals surface area (Å²) in [6.07, 6.45) is 0.852. The molecule has 1 aliphatic heterocycles. The van der Waals surface area contributed by atoms with Gasteiger partial charge in [0.15, 0.2) is 0 Å². The van der Waals surface area contributed by atoms with Crippen LogP contribution in [0.5, 0.6) is 0 Å². The average Bonchev–Trinajstić information content (AvgIpc) is 2.55. The van der Waals surface area contributed by atoms with Crippen molar-refractivity contribution in [2.75, 3.05) is 7.11 Å². The van der Waals surface area contributed by atoms with Gasteiger partial charge >= 0.3 is 5.95 Å². The Labute approximate surface area is 91.6 Å². The molecule has 0 spiro atoms. The first-order valence-corrected chi connectivity index (χ1v) is 4.55. The number of methoxy groups -OCH3 is 1. The van der Waals surface area contributed by atoms with Crippen LogP contribution >= 0.6 is 0 Å². The van der Waals surface area contributed by atoms with Crippen molar-refractivity contribution in [2.24, 2.45) is 0 Å². The second-order valence-corrected chi connectivity index (χ2v) is 3.18. The van der Waals surface area contributed by atoms with Crippen molar-refractivity contribution >= 4 is 11.8 Å². The van der Waals surface area contributed by atoms with Gasteiger partial charge in [-0.15, -0.1) is 0 Å². The molecule has 0 atom stereocenters. The van der Waals surface area contributed by atoms with Crippen molar-refractivity contribution in [1.82, 2.24) is 4.90 Å². The van der Waals surface area contributed by atoms with Crippen LogP contribution in [0, 0.1) is 0 Å². The molecular formula is C11H8NO4. The van der Waals surface area contributed by atoms with E-state index in [4.69, 9.17) is 0 Å². The van der Waals surface area contributed by atoms with Gasteiger partial charge in [0.25, 0.3) is 11.8 Å². The van der Waals surface area contributed by atoms with Crippen LogP contribution in [0.15, 0.2) is 36.4 Å². The Morgan fingerprint density at radius 3 is 2.12 bits per heavy atom. The van der Waals surface area contributed by atoms with Crippen LogP contribution in [0.3, 0.4) is 0 Å². The van der Waals surface area contributed by atoms with Crippen LogP contribution < -0.4 is 0 Å². The molecule has 1 heterocycles. The lowest BCUT2D eigenvalue weighted by molar-refractivity contribution is 0.0608. The Kier molecular flexibility index (Phi) is 2.36. The van der Waals surface area contributed by atoms with Crippen molar-refractivity contribution in [3.8, 4) is 0 Å². The zero-order valence-corrected chi connectivity index (χ0v) is 8.47. The van der Waals surface area contributed by atoms with E-state index in [0.717, 1.165) is 11.1 Å². The number of amides is 2. The minimum Gasteiger partial charge on any atom is -0.465 e. The number of rotatable bonds is 2. The summed E-state index contributed by atoms with van der Waals surface area (Å²) >= 11 is 0. The monoisotopic (exact) mass is 218 g/mol. The van der Waals surface area contributed by atoms with E-state index in [-0.39, 0.29) is 0 Å². The standard InChI is InChI=1S/C11H8NO4/c1-16-9(13)6-12-10(14)7-4-2-3-5-8(7)11(12)15/h2-6H,1H3. The van der Waals surface area contributed by atoms with Gasteiger partial charge in [0.2, 0.25) is 0 Å². The molecule has 0 saturated carbocycles. The highest BCUT2D eigenvalue weighted by Gasteiger charge is 2.34. The highest BCUT2D eigenvalue weighted by molar-refractivity contribution is 6.22. The van der Waals surface area contributed by atoms with E-state index in [0.29, 0.717) is 11.1 Å². The Morgan fingerprint density at radius 2 is 1.69 bits per heavy atom. The van der Waals surface area contributed by atoms with Crippen LogP contribution in [0.1, 0.15) is 20.7 Å². The van der Waals surface area contributed by atoms with Gasteiger partial charge in [0.05, 0.1) is 18.2 Å². The van der Waals surface area contributed by atoms with Crippen molar-refractivity contribution in [3.05, 3.63) is 47.5 Å². The molecule has 0 fully saturated rings. The number of hydrogen-bond donors (Lipinski definition) is 0. The number of nitrogens with zero attached hydrogens (tertiary/aromatic N) is 1. The third-order valence-electron chi connectivity index (χ3n) is 2.26. The highest BCUT2D eigenvalue weighted by Crippen LogP contribution is 2.22. The lowest BCUT2D eigenvalue weighted by atomic mass is 10.1. The number of carbonyl (C=O) groups is 2. The largest absolute Gasteiger partial charge is 0.465 e. The molecular weight excluding hydrogens is 210 g/mol. The van der Waals surface area contributed by atoms with Gasteiger partial charge in [-0.05, 0) is 12.1 Å². The second-order valence-electron chi connectivity index (χ2n) is 3.18.